The molecule has 2 aromatic carbocycles. The van der Waals surface area contributed by atoms with Gasteiger partial charge >= 0.3 is 0 Å². The number of benzene rings is 2. The average molecular weight is 431 g/mol. The van der Waals surface area contributed by atoms with Crippen LogP contribution in [0, 0.1) is 6.92 Å². The van der Waals surface area contributed by atoms with Crippen LogP contribution >= 0.6 is 0 Å². The maximum atomic E-state index is 13.2. The van der Waals surface area contributed by atoms with Gasteiger partial charge in [-0.05, 0) is 36.2 Å². The first-order valence-corrected chi connectivity index (χ1v) is 12.2. The highest BCUT2D eigenvalue weighted by atomic mass is 32.2. The molecule has 152 valence electrons. The molecule has 1 atom stereocenters. The minimum Gasteiger partial charge on any atom is -0.264 e. The summed E-state index contributed by atoms with van der Waals surface area (Å²) in [4.78, 5) is 4.12. The van der Waals surface area contributed by atoms with Crippen molar-refractivity contribution in [3.8, 4) is 0 Å². The summed E-state index contributed by atoms with van der Waals surface area (Å²) in [5.74, 6) is -0.222. The second kappa shape index (κ2) is 8.86. The first-order valence-electron chi connectivity index (χ1n) is 9.00. The zero-order chi connectivity index (χ0) is 20.9. The van der Waals surface area contributed by atoms with Crippen molar-refractivity contribution in [3.63, 3.8) is 0 Å². The molecule has 0 spiro atoms. The van der Waals surface area contributed by atoms with Gasteiger partial charge in [-0.15, -0.1) is 0 Å². The van der Waals surface area contributed by atoms with E-state index in [0.29, 0.717) is 11.1 Å². The van der Waals surface area contributed by atoms with E-state index in [1.54, 1.807) is 48.5 Å². The Morgan fingerprint density at radius 1 is 0.931 bits per heavy atom. The summed E-state index contributed by atoms with van der Waals surface area (Å²) in [6, 6.07) is 18.4. The lowest BCUT2D eigenvalue weighted by Crippen LogP contribution is -2.32. The maximum Gasteiger partial charge on any atom is 0.215 e. The Morgan fingerprint density at radius 2 is 1.69 bits per heavy atom. The third kappa shape index (κ3) is 5.50. The fourth-order valence-electron chi connectivity index (χ4n) is 3.02. The van der Waals surface area contributed by atoms with Crippen LogP contribution in [0.3, 0.4) is 0 Å². The van der Waals surface area contributed by atoms with E-state index >= 15 is 0 Å². The zero-order valence-electron chi connectivity index (χ0n) is 15.9. The average Bonchev–Trinajstić information content (AvgIpc) is 2.69. The van der Waals surface area contributed by atoms with E-state index in [4.69, 9.17) is 0 Å². The van der Waals surface area contributed by atoms with Gasteiger partial charge in [-0.3, -0.25) is 4.98 Å². The normalized spacial score (nSPS) is 13.1. The molecular formula is C21H22N2O4S2. The Kier molecular flexibility index (Phi) is 6.46. The number of hydrogen-bond donors (Lipinski definition) is 1. The van der Waals surface area contributed by atoms with Gasteiger partial charge in [0.1, 0.15) is 5.25 Å². The van der Waals surface area contributed by atoms with Gasteiger partial charge in [-0.2, -0.15) is 0 Å². The number of aryl methyl sites for hydroxylation is 1. The van der Waals surface area contributed by atoms with Crippen LogP contribution in [0.1, 0.15) is 21.9 Å². The molecule has 0 saturated carbocycles. The first kappa shape index (κ1) is 21.2. The number of aromatic nitrogens is 1. The number of hydrogen-bond acceptors (Lipinski definition) is 5. The molecular weight excluding hydrogens is 408 g/mol. The van der Waals surface area contributed by atoms with Crippen molar-refractivity contribution in [2.24, 2.45) is 0 Å². The molecule has 1 aromatic heterocycles. The molecule has 1 heterocycles. The minimum atomic E-state index is -3.82. The molecule has 29 heavy (non-hydrogen) atoms. The van der Waals surface area contributed by atoms with Crippen LogP contribution in [0.25, 0.3) is 0 Å². The van der Waals surface area contributed by atoms with E-state index in [1.807, 2.05) is 13.0 Å². The van der Waals surface area contributed by atoms with Gasteiger partial charge in [-0.25, -0.2) is 21.6 Å². The molecule has 3 aromatic rings. The molecule has 0 aliphatic rings. The summed E-state index contributed by atoms with van der Waals surface area (Å²) in [6.07, 6.45) is 2.98. The fraction of sp³-hybridized carbons (Fsp3) is 0.190. The second-order valence-electron chi connectivity index (χ2n) is 6.73. The van der Waals surface area contributed by atoms with Crippen LogP contribution in [0.4, 0.5) is 0 Å². The molecule has 0 bridgehead atoms. The van der Waals surface area contributed by atoms with Crippen LogP contribution in [-0.2, 0) is 25.6 Å². The SMILES string of the molecule is Cc1cccc(CS(=O)(=O)NC[C@@H](c2cccnc2)S(=O)(=O)c2ccccc2)c1. The van der Waals surface area contributed by atoms with E-state index in [9.17, 15) is 16.8 Å². The molecule has 3 rings (SSSR count). The summed E-state index contributed by atoms with van der Waals surface area (Å²) < 4.78 is 54.0. The lowest BCUT2D eigenvalue weighted by atomic mass is 10.2. The predicted octanol–water partition coefficient (Wildman–Crippen LogP) is 3.02. The van der Waals surface area contributed by atoms with Crippen molar-refractivity contribution < 1.29 is 16.8 Å². The van der Waals surface area contributed by atoms with Crippen molar-refractivity contribution in [1.82, 2.24) is 9.71 Å². The Morgan fingerprint density at radius 3 is 2.34 bits per heavy atom. The van der Waals surface area contributed by atoms with Gasteiger partial charge in [0.25, 0.3) is 0 Å². The third-order valence-corrected chi connectivity index (χ3v) is 7.87. The Balaban J connectivity index is 1.86. The van der Waals surface area contributed by atoms with Gasteiger partial charge in [0.05, 0.1) is 10.6 Å². The van der Waals surface area contributed by atoms with Gasteiger partial charge in [0.2, 0.25) is 10.0 Å². The molecule has 6 nitrogen and oxygen atoms in total. The molecule has 0 fully saturated rings. The van der Waals surface area contributed by atoms with Gasteiger partial charge in [0.15, 0.2) is 9.84 Å². The molecule has 0 aliphatic heterocycles. The van der Waals surface area contributed by atoms with E-state index in [2.05, 4.69) is 9.71 Å². The molecule has 8 heteroatoms. The van der Waals surface area contributed by atoms with Gasteiger partial charge < -0.3 is 0 Å². The van der Waals surface area contributed by atoms with Crippen LogP contribution in [-0.4, -0.2) is 28.4 Å². The molecule has 0 unspecified atom stereocenters. The van der Waals surface area contributed by atoms with Crippen molar-refractivity contribution >= 4 is 19.9 Å². The lowest BCUT2D eigenvalue weighted by molar-refractivity contribution is 0.568. The largest absolute Gasteiger partial charge is 0.264 e. The van der Waals surface area contributed by atoms with Gasteiger partial charge in [-0.1, -0.05) is 54.1 Å². The fourth-order valence-corrected chi connectivity index (χ4v) is 5.93. The Labute approximate surface area is 171 Å². The molecule has 1 N–H and O–H groups in total. The van der Waals surface area contributed by atoms with Crippen LogP contribution in [0.15, 0.2) is 84.0 Å². The standard InChI is InChI=1S/C21H22N2O4S2/c1-17-7-5-8-18(13-17)16-28(24,25)23-15-21(19-9-6-12-22-14-19)29(26,27)20-10-3-2-4-11-20/h2-14,21,23H,15-16H2,1H3/t21-/m0/s1. The Bertz CT molecular complexity index is 1160. The summed E-state index contributed by atoms with van der Waals surface area (Å²) in [5.41, 5.74) is 2.02. The highest BCUT2D eigenvalue weighted by molar-refractivity contribution is 7.92. The van der Waals surface area contributed by atoms with E-state index in [0.717, 1.165) is 5.56 Å². The third-order valence-electron chi connectivity index (χ3n) is 4.43. The number of sulfonamides is 1. The quantitative estimate of drug-likeness (QED) is 0.593. The van der Waals surface area contributed by atoms with E-state index < -0.39 is 25.1 Å². The second-order valence-corrected chi connectivity index (χ2v) is 10.7. The smallest absolute Gasteiger partial charge is 0.215 e. The summed E-state index contributed by atoms with van der Waals surface area (Å²) in [5, 5.41) is -1.09. The maximum absolute atomic E-state index is 13.2. The topological polar surface area (TPSA) is 93.2 Å². The molecule has 0 saturated heterocycles. The summed E-state index contributed by atoms with van der Waals surface area (Å²) in [7, 11) is -7.55. The molecule has 0 aliphatic carbocycles. The van der Waals surface area contributed by atoms with Crippen molar-refractivity contribution in [3.05, 3.63) is 95.8 Å². The Hall–Kier alpha value is -2.55. The number of rotatable bonds is 8. The predicted molar refractivity (Wildman–Crippen MR) is 112 cm³/mol. The highest BCUT2D eigenvalue weighted by Gasteiger charge is 2.30. The van der Waals surface area contributed by atoms with E-state index in [1.165, 1.54) is 24.5 Å². The number of sulfone groups is 1. The zero-order valence-corrected chi connectivity index (χ0v) is 17.5. The highest BCUT2D eigenvalue weighted by Crippen LogP contribution is 2.28. The number of nitrogens with zero attached hydrogens (tertiary/aromatic N) is 1. The minimum absolute atomic E-state index is 0.131. The van der Waals surface area contributed by atoms with E-state index in [-0.39, 0.29) is 17.2 Å². The first-order chi connectivity index (χ1) is 13.8. The number of nitrogens with one attached hydrogen (secondary N) is 1. The van der Waals surface area contributed by atoms with Crippen molar-refractivity contribution in [2.45, 2.75) is 22.8 Å². The van der Waals surface area contributed by atoms with Crippen LogP contribution < -0.4 is 4.72 Å². The lowest BCUT2D eigenvalue weighted by Gasteiger charge is -2.19. The van der Waals surface area contributed by atoms with Gasteiger partial charge in [0, 0.05) is 18.9 Å². The monoisotopic (exact) mass is 430 g/mol. The van der Waals surface area contributed by atoms with Crippen LogP contribution in [0.5, 0.6) is 0 Å². The summed E-state index contributed by atoms with van der Waals surface area (Å²) in [6.45, 7) is 1.60. The molecule has 0 amide bonds. The summed E-state index contributed by atoms with van der Waals surface area (Å²) >= 11 is 0. The molecule has 0 radical (unpaired) electrons. The number of pyridine rings is 1. The van der Waals surface area contributed by atoms with Crippen LogP contribution in [0.2, 0.25) is 0 Å². The van der Waals surface area contributed by atoms with Crippen molar-refractivity contribution in [1.29, 1.82) is 0 Å². The van der Waals surface area contributed by atoms with Crippen molar-refractivity contribution in [2.75, 3.05) is 6.54 Å².